The zero-order chi connectivity index (χ0) is 34.7. The molecule has 0 spiro atoms. The van der Waals surface area contributed by atoms with Crippen molar-refractivity contribution < 1.29 is 41.8 Å². The van der Waals surface area contributed by atoms with E-state index in [0.717, 1.165) is 23.4 Å². The van der Waals surface area contributed by atoms with E-state index in [1.54, 1.807) is 54.6 Å². The highest BCUT2D eigenvalue weighted by atomic mass is 35.5. The van der Waals surface area contributed by atoms with Gasteiger partial charge in [0, 0.05) is 18.8 Å². The normalized spacial score (nSPS) is 10.8. The predicted octanol–water partition coefficient (Wildman–Crippen LogP) is 2.99. The second kappa shape index (κ2) is 16.4. The summed E-state index contributed by atoms with van der Waals surface area (Å²) in [4.78, 5) is 52.8. The lowest BCUT2D eigenvalue weighted by molar-refractivity contribution is -0.118. The number of nitrogens with one attached hydrogen (secondary N) is 3. The van der Waals surface area contributed by atoms with Gasteiger partial charge in [0.05, 0.1) is 34.7 Å². The van der Waals surface area contributed by atoms with Crippen LogP contribution in [0.3, 0.4) is 0 Å². The van der Waals surface area contributed by atoms with E-state index in [1.807, 2.05) is 10.0 Å². The van der Waals surface area contributed by atoms with Crippen molar-refractivity contribution in [3.8, 4) is 17.4 Å². The highest BCUT2D eigenvalue weighted by Crippen LogP contribution is 2.27. The van der Waals surface area contributed by atoms with Crippen molar-refractivity contribution in [2.75, 3.05) is 20.2 Å². The number of aromatic nitrogens is 1. The minimum absolute atomic E-state index is 0.0175. The summed E-state index contributed by atoms with van der Waals surface area (Å²) in [5.74, 6) is -2.31. The molecule has 3 aromatic carbocycles. The summed E-state index contributed by atoms with van der Waals surface area (Å²) in [5.41, 5.74) is 6.67. The number of carbonyl (C=O) groups is 4. The Hall–Kier alpha value is -5.51. The molecule has 0 unspecified atom stereocenters. The average molecular weight is 696 g/mol. The van der Waals surface area contributed by atoms with Crippen LogP contribution in [-0.4, -0.2) is 57.4 Å². The molecule has 48 heavy (non-hydrogen) atoms. The predicted molar refractivity (Wildman–Crippen MR) is 173 cm³/mol. The fourth-order valence-corrected chi connectivity index (χ4v) is 5.22. The standard InChI is InChI=1S/C32H30ClN5O9S/c1-45-23-9-12-26(33)25(16-23)30(41)35-14-13-20-7-10-24(11-8-20)48(43,44)38-29(40)22-15-27(46-19-21-5-3-2-4-6-21)31(36-18-22)47-32(42)37-28(39)17-34/h2-12,15-16,18H,13-14,17,19,34H2,1H3,(H,35,41)(H,38,40)(H,37,39,42). The Labute approximate surface area is 280 Å². The number of nitrogens with two attached hydrogens (primary N) is 1. The second-order valence-corrected chi connectivity index (χ2v) is 12.0. The van der Waals surface area contributed by atoms with Gasteiger partial charge in [0.15, 0.2) is 5.75 Å². The molecule has 0 radical (unpaired) electrons. The highest BCUT2D eigenvalue weighted by molar-refractivity contribution is 7.90. The molecule has 0 fully saturated rings. The first-order valence-corrected chi connectivity index (χ1v) is 16.0. The maximum Gasteiger partial charge on any atom is 0.420 e. The average Bonchev–Trinajstić information content (AvgIpc) is 3.08. The molecule has 0 saturated heterocycles. The van der Waals surface area contributed by atoms with E-state index in [9.17, 15) is 27.6 Å². The summed E-state index contributed by atoms with van der Waals surface area (Å²) in [6.45, 7) is -0.243. The molecule has 4 rings (SSSR count). The molecule has 0 atom stereocenters. The van der Waals surface area contributed by atoms with E-state index >= 15 is 0 Å². The van der Waals surface area contributed by atoms with Crippen molar-refractivity contribution in [1.29, 1.82) is 0 Å². The number of carbonyl (C=O) groups excluding carboxylic acids is 4. The monoisotopic (exact) mass is 695 g/mol. The first-order valence-electron chi connectivity index (χ1n) is 14.2. The van der Waals surface area contributed by atoms with Gasteiger partial charge in [-0.3, -0.25) is 19.7 Å². The Balaban J connectivity index is 1.41. The van der Waals surface area contributed by atoms with Crippen molar-refractivity contribution in [3.63, 3.8) is 0 Å². The van der Waals surface area contributed by atoms with E-state index in [-0.39, 0.29) is 45.8 Å². The van der Waals surface area contributed by atoms with Gasteiger partial charge in [0.25, 0.3) is 27.7 Å². The topological polar surface area (TPSA) is 205 Å². The molecule has 16 heteroatoms. The lowest BCUT2D eigenvalue weighted by Crippen LogP contribution is -2.37. The molecule has 4 aromatic rings. The lowest BCUT2D eigenvalue weighted by atomic mass is 10.1. The number of ether oxygens (including phenoxy) is 3. The number of rotatable bonds is 13. The third-order valence-corrected chi connectivity index (χ3v) is 8.19. The maximum atomic E-state index is 13.0. The van der Waals surface area contributed by atoms with Crippen LogP contribution < -0.4 is 35.3 Å². The van der Waals surface area contributed by atoms with Crippen LogP contribution in [0, 0.1) is 0 Å². The Morgan fingerprint density at radius 3 is 2.33 bits per heavy atom. The molecule has 250 valence electrons. The van der Waals surface area contributed by atoms with Crippen LogP contribution in [0.2, 0.25) is 5.02 Å². The maximum absolute atomic E-state index is 13.0. The number of sulfonamides is 1. The highest BCUT2D eigenvalue weighted by Gasteiger charge is 2.22. The first-order chi connectivity index (χ1) is 23.0. The van der Waals surface area contributed by atoms with Crippen LogP contribution in [0.25, 0.3) is 0 Å². The molecule has 0 aliphatic carbocycles. The summed E-state index contributed by atoms with van der Waals surface area (Å²) >= 11 is 6.12. The van der Waals surface area contributed by atoms with Gasteiger partial charge in [-0.25, -0.2) is 22.9 Å². The summed E-state index contributed by atoms with van der Waals surface area (Å²) in [6, 6.07) is 20.5. The minimum Gasteiger partial charge on any atom is -0.497 e. The molecule has 4 amide bonds. The Morgan fingerprint density at radius 2 is 1.65 bits per heavy atom. The van der Waals surface area contributed by atoms with Crippen LogP contribution in [0.15, 0.2) is 90.0 Å². The van der Waals surface area contributed by atoms with Gasteiger partial charge in [0.2, 0.25) is 5.91 Å². The number of nitrogens with zero attached hydrogens (tertiary/aromatic N) is 1. The number of pyridine rings is 1. The number of halogens is 1. The molecule has 0 saturated carbocycles. The van der Waals surface area contributed by atoms with Crippen LogP contribution in [0.5, 0.6) is 17.4 Å². The van der Waals surface area contributed by atoms with E-state index in [1.165, 1.54) is 25.3 Å². The fraction of sp³-hybridized carbons (Fsp3) is 0.156. The molecular weight excluding hydrogens is 666 g/mol. The van der Waals surface area contributed by atoms with E-state index in [4.69, 9.17) is 31.5 Å². The Kier molecular flexibility index (Phi) is 12.0. The summed E-state index contributed by atoms with van der Waals surface area (Å²) in [6.07, 6.45) is 0.169. The zero-order valence-electron chi connectivity index (χ0n) is 25.4. The van der Waals surface area contributed by atoms with Gasteiger partial charge >= 0.3 is 6.09 Å². The molecule has 5 N–H and O–H groups in total. The molecule has 1 aromatic heterocycles. The third kappa shape index (κ3) is 9.75. The van der Waals surface area contributed by atoms with Gasteiger partial charge in [-0.15, -0.1) is 0 Å². The number of hydrogen-bond donors (Lipinski definition) is 4. The number of benzene rings is 3. The first kappa shape index (κ1) is 35.3. The van der Waals surface area contributed by atoms with Gasteiger partial charge < -0.3 is 25.3 Å². The number of hydrogen-bond acceptors (Lipinski definition) is 11. The molecule has 0 bridgehead atoms. The smallest absolute Gasteiger partial charge is 0.420 e. The van der Waals surface area contributed by atoms with Gasteiger partial charge in [-0.1, -0.05) is 54.1 Å². The zero-order valence-corrected chi connectivity index (χ0v) is 27.0. The van der Waals surface area contributed by atoms with Crippen molar-refractivity contribution >= 4 is 45.4 Å². The lowest BCUT2D eigenvalue weighted by Gasteiger charge is -2.13. The van der Waals surface area contributed by atoms with Crippen LogP contribution in [0.4, 0.5) is 4.79 Å². The van der Waals surface area contributed by atoms with Crippen LogP contribution in [-0.2, 0) is 27.8 Å². The van der Waals surface area contributed by atoms with Gasteiger partial charge in [-0.05, 0) is 47.9 Å². The quantitative estimate of drug-likeness (QED) is 0.160. The molecular formula is C32H30ClN5O9S. The number of imide groups is 1. The van der Waals surface area contributed by atoms with E-state index < -0.39 is 40.4 Å². The van der Waals surface area contributed by atoms with Crippen molar-refractivity contribution in [3.05, 3.63) is 112 Å². The largest absolute Gasteiger partial charge is 0.497 e. The summed E-state index contributed by atoms with van der Waals surface area (Å²) in [7, 11) is -2.85. The summed E-state index contributed by atoms with van der Waals surface area (Å²) in [5, 5.41) is 4.91. The van der Waals surface area contributed by atoms with Crippen molar-refractivity contribution in [2.45, 2.75) is 17.9 Å². The van der Waals surface area contributed by atoms with Crippen LogP contribution >= 0.6 is 11.6 Å². The van der Waals surface area contributed by atoms with E-state index in [2.05, 4.69) is 10.3 Å². The van der Waals surface area contributed by atoms with Crippen LogP contribution in [0.1, 0.15) is 31.8 Å². The summed E-state index contributed by atoms with van der Waals surface area (Å²) < 4.78 is 43.9. The van der Waals surface area contributed by atoms with Crippen molar-refractivity contribution in [1.82, 2.24) is 20.3 Å². The molecule has 1 heterocycles. The Morgan fingerprint density at radius 1 is 0.917 bits per heavy atom. The minimum atomic E-state index is -4.33. The van der Waals surface area contributed by atoms with Gasteiger partial charge in [-0.2, -0.15) is 0 Å². The Bertz CT molecular complexity index is 1910. The third-order valence-electron chi connectivity index (χ3n) is 6.51. The fourth-order valence-electron chi connectivity index (χ4n) is 4.05. The number of amides is 4. The molecule has 14 nitrogen and oxygen atoms in total. The van der Waals surface area contributed by atoms with Gasteiger partial charge in [0.1, 0.15) is 12.4 Å². The number of methoxy groups -OCH3 is 1. The van der Waals surface area contributed by atoms with E-state index in [0.29, 0.717) is 12.2 Å². The molecule has 0 aliphatic heterocycles. The second-order valence-electron chi connectivity index (χ2n) is 9.87. The SMILES string of the molecule is COc1ccc(Cl)c(C(=O)NCCc2ccc(S(=O)(=O)NC(=O)c3cnc(OC(=O)NC(=O)CN)c(OCc4ccccc4)c3)cc2)c1. The van der Waals surface area contributed by atoms with Crippen molar-refractivity contribution in [2.24, 2.45) is 5.73 Å². The molecule has 0 aliphatic rings.